The van der Waals surface area contributed by atoms with Gasteiger partial charge in [-0.3, -0.25) is 4.79 Å². The minimum atomic E-state index is -0.392. The van der Waals surface area contributed by atoms with Gasteiger partial charge in [0.05, 0.1) is 0 Å². The first-order valence-electron chi connectivity index (χ1n) is 9.16. The Morgan fingerprint density at radius 1 is 1.19 bits per heavy atom. The van der Waals surface area contributed by atoms with Crippen LogP contribution < -0.4 is 0 Å². The van der Waals surface area contributed by atoms with E-state index < -0.39 is 5.97 Å². The van der Waals surface area contributed by atoms with E-state index in [0.717, 1.165) is 12.8 Å². The van der Waals surface area contributed by atoms with Gasteiger partial charge in [-0.15, -0.1) is 11.3 Å². The number of carbonyl (C=O) groups excluding carboxylic acids is 2. The molecule has 0 N–H and O–H groups in total. The summed E-state index contributed by atoms with van der Waals surface area (Å²) >= 11 is 1.51. The molecule has 3 nitrogen and oxygen atoms in total. The Kier molecular flexibility index (Phi) is 5.33. The molecular weight excluding hydrogens is 344 g/mol. The SMILES string of the molecule is C[C@@H]1CCc2sc(C(=O)OCC(=O)c3ccc(C(C)(C)C)cc3)cc2C1. The summed E-state index contributed by atoms with van der Waals surface area (Å²) in [6, 6.07) is 9.48. The van der Waals surface area contributed by atoms with Gasteiger partial charge in [-0.05, 0) is 47.8 Å². The second kappa shape index (κ2) is 7.36. The summed E-state index contributed by atoms with van der Waals surface area (Å²) in [5.74, 6) is 0.101. The van der Waals surface area contributed by atoms with E-state index in [4.69, 9.17) is 4.74 Å². The number of aryl methyl sites for hydroxylation is 1. The first kappa shape index (κ1) is 18.8. The number of Topliss-reactive ketones (excluding diaryl/α,β-unsaturated/α-hetero) is 1. The number of ether oxygens (including phenoxy) is 1. The highest BCUT2D eigenvalue weighted by molar-refractivity contribution is 7.14. The van der Waals surface area contributed by atoms with Crippen molar-refractivity contribution in [2.24, 2.45) is 5.92 Å². The van der Waals surface area contributed by atoms with Crippen LogP contribution in [0.15, 0.2) is 30.3 Å². The van der Waals surface area contributed by atoms with Gasteiger partial charge in [0.1, 0.15) is 4.88 Å². The minimum Gasteiger partial charge on any atom is -0.453 e. The third-order valence-electron chi connectivity index (χ3n) is 4.94. The van der Waals surface area contributed by atoms with Gasteiger partial charge in [-0.25, -0.2) is 4.79 Å². The first-order chi connectivity index (χ1) is 12.2. The Balaban J connectivity index is 1.60. The van der Waals surface area contributed by atoms with Crippen molar-refractivity contribution < 1.29 is 14.3 Å². The van der Waals surface area contributed by atoms with Gasteiger partial charge in [-0.2, -0.15) is 0 Å². The zero-order chi connectivity index (χ0) is 18.9. The lowest BCUT2D eigenvalue weighted by atomic mass is 9.86. The molecule has 1 atom stereocenters. The fourth-order valence-corrected chi connectivity index (χ4v) is 4.35. The number of fused-ring (bicyclic) bond motifs is 1. The van der Waals surface area contributed by atoms with Crippen LogP contribution in [-0.4, -0.2) is 18.4 Å². The maximum Gasteiger partial charge on any atom is 0.348 e. The molecule has 138 valence electrons. The zero-order valence-electron chi connectivity index (χ0n) is 15.9. The average Bonchev–Trinajstić information content (AvgIpc) is 3.02. The monoisotopic (exact) mass is 370 g/mol. The number of carbonyl (C=O) groups is 2. The number of rotatable bonds is 4. The number of hydrogen-bond donors (Lipinski definition) is 0. The second-order valence-electron chi connectivity index (χ2n) is 8.23. The smallest absolute Gasteiger partial charge is 0.348 e. The fraction of sp³-hybridized carbons (Fsp3) is 0.455. The lowest BCUT2D eigenvalue weighted by Gasteiger charge is -2.18. The van der Waals surface area contributed by atoms with Crippen molar-refractivity contribution in [3.8, 4) is 0 Å². The molecule has 1 aliphatic rings. The van der Waals surface area contributed by atoms with Crippen molar-refractivity contribution in [3.63, 3.8) is 0 Å². The topological polar surface area (TPSA) is 43.4 Å². The highest BCUT2D eigenvalue weighted by Crippen LogP contribution is 2.32. The summed E-state index contributed by atoms with van der Waals surface area (Å²) in [7, 11) is 0. The molecule has 1 heterocycles. The molecule has 0 radical (unpaired) electrons. The number of benzene rings is 1. The number of ketones is 1. The molecule has 3 rings (SSSR count). The normalized spacial score (nSPS) is 16.8. The van der Waals surface area contributed by atoms with Crippen LogP contribution in [0.4, 0.5) is 0 Å². The van der Waals surface area contributed by atoms with Crippen molar-refractivity contribution in [2.45, 2.75) is 52.4 Å². The molecule has 4 heteroatoms. The van der Waals surface area contributed by atoms with Crippen LogP contribution in [0.3, 0.4) is 0 Å². The largest absolute Gasteiger partial charge is 0.453 e. The third-order valence-corrected chi connectivity index (χ3v) is 6.15. The van der Waals surface area contributed by atoms with Crippen LogP contribution in [0, 0.1) is 5.92 Å². The van der Waals surface area contributed by atoms with Gasteiger partial charge < -0.3 is 4.74 Å². The van der Waals surface area contributed by atoms with Crippen LogP contribution in [-0.2, 0) is 23.0 Å². The van der Waals surface area contributed by atoms with E-state index in [-0.39, 0.29) is 17.8 Å². The fourth-order valence-electron chi connectivity index (χ4n) is 3.25. The van der Waals surface area contributed by atoms with Crippen molar-refractivity contribution in [1.82, 2.24) is 0 Å². The van der Waals surface area contributed by atoms with E-state index in [0.29, 0.717) is 16.4 Å². The molecule has 1 aromatic heterocycles. The molecule has 1 aromatic carbocycles. The molecule has 0 saturated carbocycles. The standard InChI is InChI=1S/C22H26O3S/c1-14-5-10-19-16(11-14)12-20(26-19)21(24)25-13-18(23)15-6-8-17(9-7-15)22(2,3)4/h6-9,12,14H,5,10-11,13H2,1-4H3/t14-/m1/s1. The summed E-state index contributed by atoms with van der Waals surface area (Å²) in [4.78, 5) is 26.5. The highest BCUT2D eigenvalue weighted by Gasteiger charge is 2.22. The molecule has 26 heavy (non-hydrogen) atoms. The van der Waals surface area contributed by atoms with Gasteiger partial charge in [0.2, 0.25) is 0 Å². The van der Waals surface area contributed by atoms with E-state index in [1.54, 1.807) is 0 Å². The zero-order valence-corrected chi connectivity index (χ0v) is 16.7. The molecule has 0 fully saturated rings. The Bertz CT molecular complexity index is 809. The van der Waals surface area contributed by atoms with Crippen LogP contribution in [0.2, 0.25) is 0 Å². The third kappa shape index (κ3) is 4.24. The van der Waals surface area contributed by atoms with Gasteiger partial charge in [-0.1, -0.05) is 52.0 Å². The maximum atomic E-state index is 12.3. The molecule has 2 aromatic rings. The van der Waals surface area contributed by atoms with E-state index in [9.17, 15) is 9.59 Å². The molecule has 0 aliphatic heterocycles. The van der Waals surface area contributed by atoms with Crippen molar-refractivity contribution in [2.75, 3.05) is 6.61 Å². The van der Waals surface area contributed by atoms with Crippen LogP contribution in [0.5, 0.6) is 0 Å². The molecule has 0 unspecified atom stereocenters. The van der Waals surface area contributed by atoms with E-state index in [2.05, 4.69) is 27.7 Å². The van der Waals surface area contributed by atoms with E-state index in [1.807, 2.05) is 30.3 Å². The summed E-state index contributed by atoms with van der Waals surface area (Å²) in [6.45, 7) is 8.42. The van der Waals surface area contributed by atoms with Gasteiger partial charge in [0.25, 0.3) is 0 Å². The first-order valence-corrected chi connectivity index (χ1v) is 9.98. The summed E-state index contributed by atoms with van der Waals surface area (Å²) < 4.78 is 5.27. The maximum absolute atomic E-state index is 12.3. The molecular formula is C22H26O3S. The number of thiophene rings is 1. The van der Waals surface area contributed by atoms with E-state index >= 15 is 0 Å². The quantitative estimate of drug-likeness (QED) is 0.548. The molecule has 1 aliphatic carbocycles. The van der Waals surface area contributed by atoms with Crippen molar-refractivity contribution in [1.29, 1.82) is 0 Å². The molecule has 0 saturated heterocycles. The van der Waals surface area contributed by atoms with Gasteiger partial charge in [0.15, 0.2) is 12.4 Å². The number of hydrogen-bond acceptors (Lipinski definition) is 4. The lowest BCUT2D eigenvalue weighted by molar-refractivity contribution is 0.0479. The van der Waals surface area contributed by atoms with Crippen molar-refractivity contribution >= 4 is 23.1 Å². The summed E-state index contributed by atoms with van der Waals surface area (Å²) in [6.07, 6.45) is 3.23. The highest BCUT2D eigenvalue weighted by atomic mass is 32.1. The molecule has 0 amide bonds. The second-order valence-corrected chi connectivity index (χ2v) is 9.37. The van der Waals surface area contributed by atoms with Crippen LogP contribution in [0.1, 0.15) is 70.1 Å². The van der Waals surface area contributed by atoms with Gasteiger partial charge >= 0.3 is 5.97 Å². The Hall–Kier alpha value is -1.94. The Labute approximate surface area is 159 Å². The average molecular weight is 371 g/mol. The Morgan fingerprint density at radius 3 is 2.54 bits per heavy atom. The minimum absolute atomic E-state index is 0.0455. The van der Waals surface area contributed by atoms with Crippen LogP contribution >= 0.6 is 11.3 Å². The van der Waals surface area contributed by atoms with Crippen LogP contribution in [0.25, 0.3) is 0 Å². The Morgan fingerprint density at radius 2 is 1.88 bits per heavy atom. The number of esters is 1. The lowest BCUT2D eigenvalue weighted by Crippen LogP contribution is -2.15. The summed E-state index contributed by atoms with van der Waals surface area (Å²) in [5.41, 5.74) is 3.06. The predicted octanol–water partition coefficient (Wildman–Crippen LogP) is 5.21. The van der Waals surface area contributed by atoms with Gasteiger partial charge in [0, 0.05) is 10.4 Å². The molecule has 0 spiro atoms. The summed E-state index contributed by atoms with van der Waals surface area (Å²) in [5, 5.41) is 0. The van der Waals surface area contributed by atoms with E-state index in [1.165, 1.54) is 33.8 Å². The predicted molar refractivity (Wildman–Crippen MR) is 105 cm³/mol. The van der Waals surface area contributed by atoms with Crippen molar-refractivity contribution in [3.05, 3.63) is 56.8 Å². The molecule has 0 bridgehead atoms.